The number of hydrogen-bond donors (Lipinski definition) is 1. The van der Waals surface area contributed by atoms with Crippen molar-refractivity contribution in [1.29, 1.82) is 0 Å². The fourth-order valence-corrected chi connectivity index (χ4v) is 1.80. The predicted molar refractivity (Wildman–Crippen MR) is 70.3 cm³/mol. The van der Waals surface area contributed by atoms with Crippen molar-refractivity contribution >= 4 is 16.9 Å². The number of hydrogen-bond acceptors (Lipinski definition) is 4. The maximum atomic E-state index is 13.8. The van der Waals surface area contributed by atoms with E-state index >= 15 is 0 Å². The molecule has 4 nitrogen and oxygen atoms in total. The first-order valence-corrected chi connectivity index (χ1v) is 6.13. The van der Waals surface area contributed by atoms with E-state index < -0.39 is 17.9 Å². The summed E-state index contributed by atoms with van der Waals surface area (Å²) in [6.45, 7) is 1.32. The standard InChI is InChI=1S/C14H14F2N2O2/c1-2-20-13(19)14(15,16)12(17)11-8-7-9-5-3-4-6-10(9)18-11/h3-8,12H,2,17H2,1H3/t12-/m0/s1. The number of halogens is 2. The molecule has 0 fully saturated rings. The number of para-hydroxylation sites is 1. The molecule has 20 heavy (non-hydrogen) atoms. The van der Waals surface area contributed by atoms with Gasteiger partial charge in [-0.3, -0.25) is 4.98 Å². The molecule has 1 heterocycles. The van der Waals surface area contributed by atoms with E-state index in [0.29, 0.717) is 5.52 Å². The van der Waals surface area contributed by atoms with Crippen LogP contribution in [0.25, 0.3) is 10.9 Å². The lowest BCUT2D eigenvalue weighted by Crippen LogP contribution is -2.42. The molecule has 2 N–H and O–H groups in total. The monoisotopic (exact) mass is 280 g/mol. The van der Waals surface area contributed by atoms with Crippen LogP contribution in [0, 0.1) is 0 Å². The molecule has 2 rings (SSSR count). The summed E-state index contributed by atoms with van der Waals surface area (Å²) >= 11 is 0. The number of carbonyl (C=O) groups is 1. The maximum absolute atomic E-state index is 13.8. The van der Waals surface area contributed by atoms with Crippen LogP contribution in [-0.2, 0) is 9.53 Å². The largest absolute Gasteiger partial charge is 0.462 e. The number of carbonyl (C=O) groups excluding carboxylic acids is 1. The second-order valence-electron chi connectivity index (χ2n) is 4.25. The van der Waals surface area contributed by atoms with Gasteiger partial charge in [0.15, 0.2) is 0 Å². The van der Waals surface area contributed by atoms with Gasteiger partial charge < -0.3 is 10.5 Å². The lowest BCUT2D eigenvalue weighted by molar-refractivity contribution is -0.175. The minimum atomic E-state index is -3.81. The van der Waals surface area contributed by atoms with Crippen LogP contribution in [0.3, 0.4) is 0 Å². The Kier molecular flexibility index (Phi) is 3.94. The molecule has 0 saturated heterocycles. The molecule has 0 spiro atoms. The van der Waals surface area contributed by atoms with Crippen molar-refractivity contribution in [1.82, 2.24) is 4.98 Å². The highest BCUT2D eigenvalue weighted by Crippen LogP contribution is 2.30. The zero-order chi connectivity index (χ0) is 14.8. The van der Waals surface area contributed by atoms with E-state index in [1.54, 1.807) is 24.3 Å². The molecule has 1 aromatic heterocycles. The van der Waals surface area contributed by atoms with Crippen molar-refractivity contribution in [3.63, 3.8) is 0 Å². The molecular weight excluding hydrogens is 266 g/mol. The second kappa shape index (κ2) is 5.50. The third-order valence-corrected chi connectivity index (χ3v) is 2.88. The fraction of sp³-hybridized carbons (Fsp3) is 0.286. The van der Waals surface area contributed by atoms with Crippen LogP contribution < -0.4 is 5.73 Å². The molecule has 0 aliphatic heterocycles. The van der Waals surface area contributed by atoms with E-state index in [1.807, 2.05) is 6.07 Å². The summed E-state index contributed by atoms with van der Waals surface area (Å²) in [5.41, 5.74) is 5.97. The topological polar surface area (TPSA) is 65.2 Å². The first-order chi connectivity index (χ1) is 9.46. The number of nitrogens with two attached hydrogens (primary N) is 1. The Morgan fingerprint density at radius 2 is 2.05 bits per heavy atom. The molecular formula is C14H14F2N2O2. The van der Waals surface area contributed by atoms with E-state index in [0.717, 1.165) is 5.39 Å². The molecule has 0 bridgehead atoms. The van der Waals surface area contributed by atoms with E-state index in [4.69, 9.17) is 5.73 Å². The van der Waals surface area contributed by atoms with Crippen LogP contribution in [-0.4, -0.2) is 23.5 Å². The number of ether oxygens (including phenoxy) is 1. The van der Waals surface area contributed by atoms with Gasteiger partial charge in [-0.25, -0.2) is 4.79 Å². The number of rotatable bonds is 4. The quantitative estimate of drug-likeness (QED) is 0.874. The molecule has 1 aromatic carbocycles. The van der Waals surface area contributed by atoms with Crippen molar-refractivity contribution in [3.8, 4) is 0 Å². The third-order valence-electron chi connectivity index (χ3n) is 2.88. The van der Waals surface area contributed by atoms with Crippen LogP contribution in [0.2, 0.25) is 0 Å². The van der Waals surface area contributed by atoms with Gasteiger partial charge in [0.05, 0.1) is 17.8 Å². The SMILES string of the molecule is CCOC(=O)C(F)(F)[C@@H](N)c1ccc2ccccc2n1. The molecule has 0 aliphatic rings. The Hall–Kier alpha value is -2.08. The van der Waals surface area contributed by atoms with Gasteiger partial charge >= 0.3 is 11.9 Å². The summed E-state index contributed by atoms with van der Waals surface area (Å²) in [7, 11) is 0. The van der Waals surface area contributed by atoms with E-state index in [1.165, 1.54) is 13.0 Å². The highest BCUT2D eigenvalue weighted by molar-refractivity contribution is 5.80. The first-order valence-electron chi connectivity index (χ1n) is 6.13. The van der Waals surface area contributed by atoms with Gasteiger partial charge in [-0.15, -0.1) is 0 Å². The molecule has 0 saturated carbocycles. The molecule has 0 radical (unpaired) electrons. The van der Waals surface area contributed by atoms with Crippen LogP contribution >= 0.6 is 0 Å². The molecule has 0 amide bonds. The average molecular weight is 280 g/mol. The highest BCUT2D eigenvalue weighted by Gasteiger charge is 2.48. The van der Waals surface area contributed by atoms with Gasteiger partial charge in [-0.05, 0) is 19.1 Å². The Labute approximate surface area is 114 Å². The molecule has 6 heteroatoms. The fourth-order valence-electron chi connectivity index (χ4n) is 1.80. The number of benzene rings is 1. The minimum Gasteiger partial charge on any atom is -0.462 e. The maximum Gasteiger partial charge on any atom is 0.379 e. The molecule has 0 unspecified atom stereocenters. The van der Waals surface area contributed by atoms with Gasteiger partial charge in [0.1, 0.15) is 6.04 Å². The third kappa shape index (κ3) is 2.60. The average Bonchev–Trinajstić information content (AvgIpc) is 2.46. The van der Waals surface area contributed by atoms with Crippen LogP contribution in [0.4, 0.5) is 8.78 Å². The van der Waals surface area contributed by atoms with Crippen LogP contribution in [0.1, 0.15) is 18.7 Å². The lowest BCUT2D eigenvalue weighted by atomic mass is 10.1. The van der Waals surface area contributed by atoms with E-state index in [-0.39, 0.29) is 12.3 Å². The predicted octanol–water partition coefficient (Wildman–Crippen LogP) is 2.43. The van der Waals surface area contributed by atoms with Gasteiger partial charge in [0.2, 0.25) is 0 Å². The minimum absolute atomic E-state index is 0.0539. The molecule has 1 atom stereocenters. The zero-order valence-electron chi connectivity index (χ0n) is 10.8. The van der Waals surface area contributed by atoms with Crippen molar-refractivity contribution < 1.29 is 18.3 Å². The number of alkyl halides is 2. The van der Waals surface area contributed by atoms with Crippen LogP contribution in [0.15, 0.2) is 36.4 Å². The number of aromatic nitrogens is 1. The van der Waals surface area contributed by atoms with Gasteiger partial charge in [-0.2, -0.15) is 8.78 Å². The van der Waals surface area contributed by atoms with Crippen molar-refractivity contribution in [2.75, 3.05) is 6.61 Å². The van der Waals surface area contributed by atoms with Crippen LogP contribution in [0.5, 0.6) is 0 Å². The van der Waals surface area contributed by atoms with Gasteiger partial charge in [0.25, 0.3) is 0 Å². The highest BCUT2D eigenvalue weighted by atomic mass is 19.3. The first kappa shape index (κ1) is 14.3. The number of esters is 1. The second-order valence-corrected chi connectivity index (χ2v) is 4.25. The Morgan fingerprint density at radius 3 is 2.75 bits per heavy atom. The van der Waals surface area contributed by atoms with E-state index in [2.05, 4.69) is 9.72 Å². The van der Waals surface area contributed by atoms with Crippen molar-refractivity contribution in [3.05, 3.63) is 42.1 Å². The number of fused-ring (bicyclic) bond motifs is 1. The Bertz CT molecular complexity index is 631. The zero-order valence-corrected chi connectivity index (χ0v) is 10.8. The van der Waals surface area contributed by atoms with Gasteiger partial charge in [-0.1, -0.05) is 24.3 Å². The molecule has 0 aliphatic carbocycles. The summed E-state index contributed by atoms with van der Waals surface area (Å²) in [6, 6.07) is 8.24. The summed E-state index contributed by atoms with van der Waals surface area (Å²) in [5.74, 6) is -5.45. The molecule has 2 aromatic rings. The summed E-state index contributed by atoms with van der Waals surface area (Å²) in [4.78, 5) is 15.3. The lowest BCUT2D eigenvalue weighted by Gasteiger charge is -2.21. The number of nitrogens with zero attached hydrogens (tertiary/aromatic N) is 1. The normalized spacial score (nSPS) is 13.2. The Morgan fingerprint density at radius 1 is 1.35 bits per heavy atom. The summed E-state index contributed by atoms with van der Waals surface area (Å²) < 4.78 is 32.0. The van der Waals surface area contributed by atoms with Crippen molar-refractivity contribution in [2.45, 2.75) is 18.9 Å². The smallest absolute Gasteiger partial charge is 0.379 e. The number of pyridine rings is 1. The van der Waals surface area contributed by atoms with Gasteiger partial charge in [0, 0.05) is 5.39 Å². The summed E-state index contributed by atoms with van der Waals surface area (Å²) in [6.07, 6.45) is 0. The molecule has 106 valence electrons. The van der Waals surface area contributed by atoms with E-state index in [9.17, 15) is 13.6 Å². The van der Waals surface area contributed by atoms with Crippen molar-refractivity contribution in [2.24, 2.45) is 5.73 Å². The summed E-state index contributed by atoms with van der Waals surface area (Å²) in [5, 5.41) is 0.808. The Balaban J connectivity index is 2.35.